The first-order chi connectivity index (χ1) is 9.97. The normalized spacial score (nSPS) is 17.8. The van der Waals surface area contributed by atoms with Gasteiger partial charge in [-0.05, 0) is 18.2 Å². The van der Waals surface area contributed by atoms with Crippen molar-refractivity contribution in [2.75, 3.05) is 25.7 Å². The second-order valence-corrected chi connectivity index (χ2v) is 4.58. The molecule has 1 amide bonds. The van der Waals surface area contributed by atoms with Crippen LogP contribution >= 0.6 is 0 Å². The van der Waals surface area contributed by atoms with E-state index in [0.29, 0.717) is 5.69 Å². The maximum atomic E-state index is 13.6. The summed E-state index contributed by atoms with van der Waals surface area (Å²) in [5.41, 5.74) is 0.0810. The van der Waals surface area contributed by atoms with Gasteiger partial charge >= 0.3 is 11.9 Å². The number of hydrogen-bond donors (Lipinski definition) is 0. The molecule has 0 spiro atoms. The van der Waals surface area contributed by atoms with Crippen molar-refractivity contribution in [1.29, 1.82) is 0 Å². The van der Waals surface area contributed by atoms with Gasteiger partial charge in [-0.25, -0.2) is 9.18 Å². The largest absolute Gasteiger partial charge is 0.469 e. The van der Waals surface area contributed by atoms with Gasteiger partial charge in [0.05, 0.1) is 25.7 Å². The summed E-state index contributed by atoms with van der Waals surface area (Å²) in [5, 5.41) is 0. The Morgan fingerprint density at radius 1 is 1.29 bits per heavy atom. The van der Waals surface area contributed by atoms with E-state index in [0.717, 1.165) is 13.2 Å². The van der Waals surface area contributed by atoms with Gasteiger partial charge in [0.1, 0.15) is 5.82 Å². The first-order valence-electron chi connectivity index (χ1n) is 6.24. The fraction of sp³-hybridized carbons (Fsp3) is 0.357. The number of ether oxygens (including phenoxy) is 2. The van der Waals surface area contributed by atoms with E-state index in [1.807, 2.05) is 0 Å². The minimum absolute atomic E-state index is 0.0254. The van der Waals surface area contributed by atoms with E-state index in [2.05, 4.69) is 9.47 Å². The van der Waals surface area contributed by atoms with Crippen LogP contribution < -0.4 is 4.90 Å². The molecule has 0 bridgehead atoms. The van der Waals surface area contributed by atoms with Gasteiger partial charge in [0.2, 0.25) is 5.91 Å². The number of carbonyl (C=O) groups excluding carboxylic acids is 3. The van der Waals surface area contributed by atoms with Crippen molar-refractivity contribution in [1.82, 2.24) is 0 Å². The quantitative estimate of drug-likeness (QED) is 0.782. The van der Waals surface area contributed by atoms with Crippen molar-refractivity contribution in [3.8, 4) is 0 Å². The van der Waals surface area contributed by atoms with Crippen molar-refractivity contribution in [2.24, 2.45) is 5.92 Å². The highest BCUT2D eigenvalue weighted by atomic mass is 19.1. The Labute approximate surface area is 120 Å². The van der Waals surface area contributed by atoms with Crippen LogP contribution in [0, 0.1) is 11.7 Å². The van der Waals surface area contributed by atoms with Crippen LogP contribution in [0.2, 0.25) is 0 Å². The van der Waals surface area contributed by atoms with Crippen molar-refractivity contribution in [3.63, 3.8) is 0 Å². The van der Waals surface area contributed by atoms with E-state index in [1.54, 1.807) is 0 Å². The Hall–Kier alpha value is -2.44. The molecular weight excluding hydrogens is 281 g/mol. The Kier molecular flexibility index (Phi) is 4.21. The minimum atomic E-state index is -0.828. The molecule has 0 radical (unpaired) electrons. The first-order valence-corrected chi connectivity index (χ1v) is 6.24. The number of halogens is 1. The Balaban J connectivity index is 2.28. The summed E-state index contributed by atoms with van der Waals surface area (Å²) in [6.45, 7) is 0.137. The van der Waals surface area contributed by atoms with Gasteiger partial charge in [-0.15, -0.1) is 0 Å². The third-order valence-electron chi connectivity index (χ3n) is 3.33. The predicted molar refractivity (Wildman–Crippen MR) is 70.2 cm³/mol. The maximum Gasteiger partial charge on any atom is 0.340 e. The summed E-state index contributed by atoms with van der Waals surface area (Å²) in [6, 6.07) is 3.69. The average Bonchev–Trinajstić information content (AvgIpc) is 2.88. The van der Waals surface area contributed by atoms with Crippen LogP contribution in [0.5, 0.6) is 0 Å². The zero-order chi connectivity index (χ0) is 15.6. The smallest absolute Gasteiger partial charge is 0.340 e. The highest BCUT2D eigenvalue weighted by molar-refractivity contribution is 6.00. The second kappa shape index (κ2) is 5.90. The number of anilines is 1. The average molecular weight is 295 g/mol. The van der Waals surface area contributed by atoms with Crippen LogP contribution in [0.3, 0.4) is 0 Å². The van der Waals surface area contributed by atoms with Crippen LogP contribution in [0.1, 0.15) is 16.8 Å². The monoisotopic (exact) mass is 295 g/mol. The van der Waals surface area contributed by atoms with Gasteiger partial charge in [-0.3, -0.25) is 9.59 Å². The van der Waals surface area contributed by atoms with E-state index >= 15 is 0 Å². The van der Waals surface area contributed by atoms with Crippen LogP contribution in [0.4, 0.5) is 10.1 Å². The lowest BCUT2D eigenvalue weighted by molar-refractivity contribution is -0.145. The van der Waals surface area contributed by atoms with Gasteiger partial charge in [-0.1, -0.05) is 0 Å². The molecule has 1 aromatic rings. The lowest BCUT2D eigenvalue weighted by Gasteiger charge is -2.17. The molecule has 7 heteroatoms. The highest BCUT2D eigenvalue weighted by Crippen LogP contribution is 2.27. The Morgan fingerprint density at radius 3 is 2.62 bits per heavy atom. The van der Waals surface area contributed by atoms with E-state index < -0.39 is 23.7 Å². The summed E-state index contributed by atoms with van der Waals surface area (Å²) in [4.78, 5) is 36.2. The standard InChI is InChI=1S/C14H14FNO5/c1-20-13(18)8-5-12(17)16(7-8)9-3-4-11(15)10(6-9)14(19)21-2/h3-4,6,8H,5,7H2,1-2H3. The lowest BCUT2D eigenvalue weighted by Crippen LogP contribution is -2.26. The number of rotatable bonds is 3. The molecule has 1 unspecified atom stereocenters. The molecule has 1 aliphatic rings. The number of carbonyl (C=O) groups is 3. The van der Waals surface area contributed by atoms with Gasteiger partial charge in [0.25, 0.3) is 0 Å². The molecule has 0 aliphatic carbocycles. The summed E-state index contributed by atoms with van der Waals surface area (Å²) in [5.74, 6) is -2.88. The molecule has 21 heavy (non-hydrogen) atoms. The zero-order valence-corrected chi connectivity index (χ0v) is 11.6. The molecule has 1 fully saturated rings. The first kappa shape index (κ1) is 15.0. The number of esters is 2. The van der Waals surface area contributed by atoms with Gasteiger partial charge in [0, 0.05) is 18.7 Å². The molecular formula is C14H14FNO5. The van der Waals surface area contributed by atoms with Crippen molar-refractivity contribution >= 4 is 23.5 Å². The van der Waals surface area contributed by atoms with Crippen LogP contribution in [0.15, 0.2) is 18.2 Å². The summed E-state index contributed by atoms with van der Waals surface area (Å²) in [7, 11) is 2.39. The maximum absolute atomic E-state index is 13.6. The van der Waals surface area contributed by atoms with Crippen molar-refractivity contribution < 1.29 is 28.2 Å². The van der Waals surface area contributed by atoms with E-state index in [9.17, 15) is 18.8 Å². The van der Waals surface area contributed by atoms with Crippen LogP contribution in [0.25, 0.3) is 0 Å². The van der Waals surface area contributed by atoms with E-state index in [4.69, 9.17) is 0 Å². The Morgan fingerprint density at radius 2 is 2.00 bits per heavy atom. The lowest BCUT2D eigenvalue weighted by atomic mass is 10.1. The molecule has 1 saturated heterocycles. The molecule has 1 heterocycles. The van der Waals surface area contributed by atoms with Gasteiger partial charge in [0.15, 0.2) is 0 Å². The second-order valence-electron chi connectivity index (χ2n) is 4.58. The molecule has 1 aliphatic heterocycles. The minimum Gasteiger partial charge on any atom is -0.469 e. The molecule has 0 N–H and O–H groups in total. The van der Waals surface area contributed by atoms with E-state index in [-0.39, 0.29) is 24.4 Å². The SMILES string of the molecule is COC(=O)c1cc(N2CC(C(=O)OC)CC2=O)ccc1F. The van der Waals surface area contributed by atoms with Crippen molar-refractivity contribution in [3.05, 3.63) is 29.6 Å². The number of nitrogens with zero attached hydrogens (tertiary/aromatic N) is 1. The third kappa shape index (κ3) is 2.86. The van der Waals surface area contributed by atoms with Crippen molar-refractivity contribution in [2.45, 2.75) is 6.42 Å². The van der Waals surface area contributed by atoms with Crippen LogP contribution in [-0.4, -0.2) is 38.6 Å². The topological polar surface area (TPSA) is 72.9 Å². The van der Waals surface area contributed by atoms with Crippen LogP contribution in [-0.2, 0) is 19.1 Å². The summed E-state index contributed by atoms with van der Waals surface area (Å²) < 4.78 is 22.7. The van der Waals surface area contributed by atoms with Gasteiger partial charge < -0.3 is 14.4 Å². The number of benzene rings is 1. The van der Waals surface area contributed by atoms with Gasteiger partial charge in [-0.2, -0.15) is 0 Å². The summed E-state index contributed by atoms with van der Waals surface area (Å²) in [6.07, 6.45) is 0.0254. The molecule has 112 valence electrons. The molecule has 1 aromatic carbocycles. The summed E-state index contributed by atoms with van der Waals surface area (Å²) >= 11 is 0. The number of methoxy groups -OCH3 is 2. The van der Waals surface area contributed by atoms with E-state index in [1.165, 1.54) is 24.1 Å². The molecule has 0 saturated carbocycles. The highest BCUT2D eigenvalue weighted by Gasteiger charge is 2.36. The third-order valence-corrected chi connectivity index (χ3v) is 3.33. The number of hydrogen-bond acceptors (Lipinski definition) is 5. The molecule has 0 aromatic heterocycles. The predicted octanol–water partition coefficient (Wildman–Crippen LogP) is 1.14. The fourth-order valence-corrected chi connectivity index (χ4v) is 2.23. The fourth-order valence-electron chi connectivity index (χ4n) is 2.23. The molecule has 2 rings (SSSR count). The number of amides is 1. The Bertz CT molecular complexity index is 601. The molecule has 1 atom stereocenters. The zero-order valence-electron chi connectivity index (χ0n) is 11.6. The molecule has 6 nitrogen and oxygen atoms in total.